The van der Waals surface area contributed by atoms with Crippen LogP contribution in [-0.2, 0) is 12.8 Å². The Labute approximate surface area is 91.1 Å². The standard InChI is InChI=1S/C13H19NO/c1-5-9-8(2)14-10-6-7-13(3,4)12(15)11(9)10/h14H,5-7H2,1-4H3. The Morgan fingerprint density at radius 3 is 2.67 bits per heavy atom. The molecular formula is C13H19NO. The van der Waals surface area contributed by atoms with Crippen LogP contribution in [0.5, 0.6) is 0 Å². The summed E-state index contributed by atoms with van der Waals surface area (Å²) in [5, 5.41) is 0. The van der Waals surface area contributed by atoms with Crippen molar-refractivity contribution in [3.8, 4) is 0 Å². The van der Waals surface area contributed by atoms with Crippen molar-refractivity contribution < 1.29 is 4.79 Å². The third kappa shape index (κ3) is 1.43. The number of fused-ring (bicyclic) bond motifs is 1. The van der Waals surface area contributed by atoms with Gasteiger partial charge in [0, 0.05) is 22.4 Å². The van der Waals surface area contributed by atoms with Crippen LogP contribution in [0.2, 0.25) is 0 Å². The molecule has 0 atom stereocenters. The molecule has 0 aliphatic heterocycles. The molecule has 0 saturated carbocycles. The van der Waals surface area contributed by atoms with Crippen LogP contribution in [0.15, 0.2) is 0 Å². The molecule has 82 valence electrons. The van der Waals surface area contributed by atoms with Gasteiger partial charge < -0.3 is 4.98 Å². The van der Waals surface area contributed by atoms with Crippen molar-refractivity contribution >= 4 is 5.78 Å². The number of aromatic amines is 1. The minimum absolute atomic E-state index is 0.175. The second-order valence-corrected chi connectivity index (χ2v) is 5.15. The van der Waals surface area contributed by atoms with Crippen molar-refractivity contribution in [2.24, 2.45) is 5.41 Å². The lowest BCUT2D eigenvalue weighted by Gasteiger charge is -2.28. The highest BCUT2D eigenvalue weighted by molar-refractivity contribution is 6.03. The maximum absolute atomic E-state index is 12.3. The van der Waals surface area contributed by atoms with Gasteiger partial charge in [0.15, 0.2) is 5.78 Å². The lowest BCUT2D eigenvalue weighted by Crippen LogP contribution is -2.30. The van der Waals surface area contributed by atoms with Gasteiger partial charge in [0.05, 0.1) is 0 Å². The van der Waals surface area contributed by atoms with Crippen LogP contribution in [0.4, 0.5) is 0 Å². The summed E-state index contributed by atoms with van der Waals surface area (Å²) in [5.74, 6) is 0.324. The Morgan fingerprint density at radius 1 is 1.40 bits per heavy atom. The SMILES string of the molecule is CCc1c(C)[nH]c2c1C(=O)C(C)(C)CC2. The number of hydrogen-bond acceptors (Lipinski definition) is 1. The van der Waals surface area contributed by atoms with E-state index < -0.39 is 0 Å². The summed E-state index contributed by atoms with van der Waals surface area (Å²) in [6.07, 6.45) is 2.91. The van der Waals surface area contributed by atoms with Crippen molar-refractivity contribution in [2.45, 2.75) is 47.0 Å². The van der Waals surface area contributed by atoms with Crippen molar-refractivity contribution in [3.05, 3.63) is 22.5 Å². The molecule has 0 bridgehead atoms. The molecule has 0 saturated heterocycles. The molecule has 1 aromatic rings. The molecule has 0 spiro atoms. The predicted molar refractivity (Wildman–Crippen MR) is 61.3 cm³/mol. The van der Waals surface area contributed by atoms with Crippen LogP contribution < -0.4 is 0 Å². The minimum atomic E-state index is -0.175. The highest BCUT2D eigenvalue weighted by Crippen LogP contribution is 2.37. The number of aryl methyl sites for hydroxylation is 2. The number of carbonyl (C=O) groups is 1. The summed E-state index contributed by atoms with van der Waals surface area (Å²) in [7, 11) is 0. The fourth-order valence-electron chi connectivity index (χ4n) is 2.53. The Kier molecular flexibility index (Phi) is 2.25. The zero-order valence-corrected chi connectivity index (χ0v) is 10.0. The summed E-state index contributed by atoms with van der Waals surface area (Å²) in [5.41, 5.74) is 4.38. The van der Waals surface area contributed by atoms with E-state index >= 15 is 0 Å². The van der Waals surface area contributed by atoms with E-state index in [1.165, 1.54) is 11.3 Å². The molecule has 2 heteroatoms. The van der Waals surface area contributed by atoms with Crippen LogP contribution in [0.25, 0.3) is 0 Å². The van der Waals surface area contributed by atoms with Crippen molar-refractivity contribution in [3.63, 3.8) is 0 Å². The molecule has 1 aliphatic rings. The van der Waals surface area contributed by atoms with E-state index in [4.69, 9.17) is 0 Å². The first-order valence-corrected chi connectivity index (χ1v) is 5.72. The van der Waals surface area contributed by atoms with Crippen LogP contribution in [-0.4, -0.2) is 10.8 Å². The molecule has 2 rings (SSSR count). The average Bonchev–Trinajstić information content (AvgIpc) is 2.49. The molecule has 2 nitrogen and oxygen atoms in total. The molecule has 0 fully saturated rings. The molecule has 1 aromatic heterocycles. The molecule has 1 aliphatic carbocycles. The summed E-state index contributed by atoms with van der Waals surface area (Å²) in [6, 6.07) is 0. The third-order valence-electron chi connectivity index (χ3n) is 3.59. The summed E-state index contributed by atoms with van der Waals surface area (Å²) < 4.78 is 0. The number of aromatic nitrogens is 1. The van der Waals surface area contributed by atoms with E-state index in [2.05, 4.69) is 32.7 Å². The number of rotatable bonds is 1. The largest absolute Gasteiger partial charge is 0.362 e. The van der Waals surface area contributed by atoms with Gasteiger partial charge in [-0.1, -0.05) is 20.8 Å². The van der Waals surface area contributed by atoms with Gasteiger partial charge in [0.25, 0.3) is 0 Å². The van der Waals surface area contributed by atoms with Gasteiger partial charge in [-0.25, -0.2) is 0 Å². The van der Waals surface area contributed by atoms with Gasteiger partial charge in [-0.2, -0.15) is 0 Å². The predicted octanol–water partition coefficient (Wildman–Crippen LogP) is 3.04. The maximum atomic E-state index is 12.3. The van der Waals surface area contributed by atoms with Crippen molar-refractivity contribution in [2.75, 3.05) is 0 Å². The van der Waals surface area contributed by atoms with E-state index in [0.717, 1.165) is 30.5 Å². The number of ketones is 1. The second-order valence-electron chi connectivity index (χ2n) is 5.15. The zero-order valence-electron chi connectivity index (χ0n) is 10.0. The number of H-pyrrole nitrogens is 1. The first-order valence-electron chi connectivity index (χ1n) is 5.72. The van der Waals surface area contributed by atoms with Gasteiger partial charge in [0.1, 0.15) is 0 Å². The van der Waals surface area contributed by atoms with Crippen molar-refractivity contribution in [1.82, 2.24) is 4.98 Å². The molecular weight excluding hydrogens is 186 g/mol. The minimum Gasteiger partial charge on any atom is -0.362 e. The van der Waals surface area contributed by atoms with Crippen LogP contribution >= 0.6 is 0 Å². The molecule has 0 amide bonds. The monoisotopic (exact) mass is 205 g/mol. The van der Waals surface area contributed by atoms with E-state index in [0.29, 0.717) is 5.78 Å². The zero-order chi connectivity index (χ0) is 11.2. The van der Waals surface area contributed by atoms with E-state index in [1.807, 2.05) is 0 Å². The number of hydrogen-bond donors (Lipinski definition) is 1. The Morgan fingerprint density at radius 2 is 2.07 bits per heavy atom. The number of nitrogens with one attached hydrogen (secondary N) is 1. The molecule has 1 N–H and O–H groups in total. The van der Waals surface area contributed by atoms with E-state index in [1.54, 1.807) is 0 Å². The lowest BCUT2D eigenvalue weighted by molar-refractivity contribution is 0.0810. The fraction of sp³-hybridized carbons (Fsp3) is 0.615. The number of carbonyl (C=O) groups excluding carboxylic acids is 1. The van der Waals surface area contributed by atoms with E-state index in [9.17, 15) is 4.79 Å². The maximum Gasteiger partial charge on any atom is 0.170 e. The van der Waals surface area contributed by atoms with Gasteiger partial charge in [-0.15, -0.1) is 0 Å². The van der Waals surface area contributed by atoms with Gasteiger partial charge in [-0.3, -0.25) is 4.79 Å². The molecule has 1 heterocycles. The normalized spacial score (nSPS) is 19.1. The summed E-state index contributed by atoms with van der Waals surface area (Å²) in [4.78, 5) is 15.7. The number of Topliss-reactive ketones (excluding diaryl/α,β-unsaturated/α-hetero) is 1. The van der Waals surface area contributed by atoms with Gasteiger partial charge >= 0.3 is 0 Å². The highest BCUT2D eigenvalue weighted by atomic mass is 16.1. The molecule has 0 radical (unpaired) electrons. The molecule has 0 aromatic carbocycles. The van der Waals surface area contributed by atoms with Gasteiger partial charge in [-0.05, 0) is 31.7 Å². The smallest absolute Gasteiger partial charge is 0.170 e. The van der Waals surface area contributed by atoms with Crippen LogP contribution in [0.1, 0.15) is 54.5 Å². The Hall–Kier alpha value is -1.05. The van der Waals surface area contributed by atoms with E-state index in [-0.39, 0.29) is 5.41 Å². The van der Waals surface area contributed by atoms with Crippen LogP contribution in [0.3, 0.4) is 0 Å². The molecule has 0 unspecified atom stereocenters. The summed E-state index contributed by atoms with van der Waals surface area (Å²) >= 11 is 0. The van der Waals surface area contributed by atoms with Crippen LogP contribution in [0, 0.1) is 12.3 Å². The van der Waals surface area contributed by atoms with Gasteiger partial charge in [0.2, 0.25) is 0 Å². The first-order chi connectivity index (χ1) is 6.97. The fourth-order valence-corrected chi connectivity index (χ4v) is 2.53. The second kappa shape index (κ2) is 3.22. The average molecular weight is 205 g/mol. The topological polar surface area (TPSA) is 32.9 Å². The Balaban J connectivity index is 2.59. The lowest BCUT2D eigenvalue weighted by atomic mass is 9.74. The molecule has 15 heavy (non-hydrogen) atoms. The third-order valence-corrected chi connectivity index (χ3v) is 3.59. The Bertz CT molecular complexity index is 412. The highest BCUT2D eigenvalue weighted by Gasteiger charge is 2.36. The quantitative estimate of drug-likeness (QED) is 0.751. The van der Waals surface area contributed by atoms with Crippen molar-refractivity contribution in [1.29, 1.82) is 0 Å². The first kappa shape index (κ1) is 10.5. The summed E-state index contributed by atoms with van der Waals surface area (Å²) in [6.45, 7) is 8.29.